The zero-order valence-corrected chi connectivity index (χ0v) is 10.5. The lowest BCUT2D eigenvalue weighted by atomic mass is 10.1. The first-order chi connectivity index (χ1) is 7.86. The minimum Gasteiger partial charge on any atom is -0.490 e. The van der Waals surface area contributed by atoms with Crippen LogP contribution in [0, 0.1) is 17.3 Å². The van der Waals surface area contributed by atoms with Crippen LogP contribution in [0.3, 0.4) is 0 Å². The SMILES string of the molecule is CCOC(=O)/C(=C/C1C(C(=O)O)C1(C)C)OC. The van der Waals surface area contributed by atoms with Gasteiger partial charge < -0.3 is 14.6 Å². The second kappa shape index (κ2) is 4.77. The minimum absolute atomic E-state index is 0.0775. The monoisotopic (exact) mass is 242 g/mol. The largest absolute Gasteiger partial charge is 0.490 e. The van der Waals surface area contributed by atoms with Crippen molar-refractivity contribution < 1.29 is 24.2 Å². The first-order valence-corrected chi connectivity index (χ1v) is 5.52. The van der Waals surface area contributed by atoms with E-state index < -0.39 is 17.9 Å². The number of aliphatic carboxylic acids is 1. The van der Waals surface area contributed by atoms with E-state index in [-0.39, 0.29) is 23.7 Å². The first-order valence-electron chi connectivity index (χ1n) is 5.52. The Hall–Kier alpha value is -1.52. The Morgan fingerprint density at radius 2 is 2.00 bits per heavy atom. The Morgan fingerprint density at radius 3 is 2.35 bits per heavy atom. The highest BCUT2D eigenvalue weighted by molar-refractivity contribution is 5.87. The number of carboxylic acid groups (broad SMARTS) is 1. The fourth-order valence-electron chi connectivity index (χ4n) is 2.05. The summed E-state index contributed by atoms with van der Waals surface area (Å²) >= 11 is 0. The Bertz CT molecular complexity index is 356. The third-order valence-corrected chi connectivity index (χ3v) is 3.20. The van der Waals surface area contributed by atoms with Crippen molar-refractivity contribution in [2.24, 2.45) is 17.3 Å². The highest BCUT2D eigenvalue weighted by atomic mass is 16.6. The molecule has 0 spiro atoms. The van der Waals surface area contributed by atoms with Crippen LogP contribution in [0.4, 0.5) is 0 Å². The van der Waals surface area contributed by atoms with Gasteiger partial charge in [-0.1, -0.05) is 13.8 Å². The number of carboxylic acids is 1. The number of carbonyl (C=O) groups excluding carboxylic acids is 1. The maximum Gasteiger partial charge on any atom is 0.373 e. The molecule has 0 saturated heterocycles. The Morgan fingerprint density at radius 1 is 1.41 bits per heavy atom. The lowest BCUT2D eigenvalue weighted by Gasteiger charge is -2.05. The number of rotatable bonds is 5. The van der Waals surface area contributed by atoms with E-state index >= 15 is 0 Å². The van der Waals surface area contributed by atoms with Gasteiger partial charge in [0.2, 0.25) is 5.76 Å². The van der Waals surface area contributed by atoms with Gasteiger partial charge in [0.15, 0.2) is 0 Å². The van der Waals surface area contributed by atoms with Crippen molar-refractivity contribution in [2.45, 2.75) is 20.8 Å². The predicted octanol–water partition coefficient (Wildman–Crippen LogP) is 1.44. The van der Waals surface area contributed by atoms with Gasteiger partial charge in [0, 0.05) is 5.92 Å². The molecule has 5 heteroatoms. The standard InChI is InChI=1S/C12H18O5/c1-5-17-11(15)8(16-4)6-7-9(10(13)14)12(7,2)3/h6-7,9H,5H2,1-4H3,(H,13,14)/b8-6-. The number of carbonyl (C=O) groups is 2. The minimum atomic E-state index is -0.851. The fraction of sp³-hybridized carbons (Fsp3) is 0.667. The van der Waals surface area contributed by atoms with E-state index in [1.165, 1.54) is 7.11 Å². The van der Waals surface area contributed by atoms with Gasteiger partial charge in [0.25, 0.3) is 0 Å². The molecule has 2 unspecified atom stereocenters. The van der Waals surface area contributed by atoms with E-state index in [2.05, 4.69) is 0 Å². The van der Waals surface area contributed by atoms with Gasteiger partial charge in [-0.05, 0) is 18.4 Å². The molecule has 1 aliphatic rings. The number of ether oxygens (including phenoxy) is 2. The highest BCUT2D eigenvalue weighted by Crippen LogP contribution is 2.59. The highest BCUT2D eigenvalue weighted by Gasteiger charge is 2.61. The summed E-state index contributed by atoms with van der Waals surface area (Å²) in [6.45, 7) is 5.67. The van der Waals surface area contributed by atoms with Crippen LogP contribution < -0.4 is 0 Å². The lowest BCUT2D eigenvalue weighted by molar-refractivity contribution is -0.142. The van der Waals surface area contributed by atoms with Gasteiger partial charge in [-0.2, -0.15) is 0 Å². The van der Waals surface area contributed by atoms with Crippen molar-refractivity contribution in [3.63, 3.8) is 0 Å². The molecule has 2 atom stereocenters. The molecule has 0 aromatic carbocycles. The number of esters is 1. The van der Waals surface area contributed by atoms with Gasteiger partial charge in [0.1, 0.15) is 0 Å². The summed E-state index contributed by atoms with van der Waals surface area (Å²) in [5.74, 6) is -1.99. The summed E-state index contributed by atoms with van der Waals surface area (Å²) in [6, 6.07) is 0. The first kappa shape index (κ1) is 13.5. The molecule has 0 aromatic heterocycles. The molecule has 0 radical (unpaired) electrons. The van der Waals surface area contributed by atoms with Crippen molar-refractivity contribution in [1.82, 2.24) is 0 Å². The van der Waals surface area contributed by atoms with Crippen LogP contribution in [0.1, 0.15) is 20.8 Å². The average Bonchev–Trinajstić information content (AvgIpc) is 2.77. The van der Waals surface area contributed by atoms with E-state index in [0.29, 0.717) is 0 Å². The van der Waals surface area contributed by atoms with E-state index in [1.807, 2.05) is 13.8 Å². The van der Waals surface area contributed by atoms with E-state index in [4.69, 9.17) is 14.6 Å². The Kier molecular flexibility index (Phi) is 3.80. The molecule has 0 amide bonds. The van der Waals surface area contributed by atoms with Crippen LogP contribution in [0.5, 0.6) is 0 Å². The maximum absolute atomic E-state index is 11.5. The zero-order valence-electron chi connectivity index (χ0n) is 10.5. The molecule has 17 heavy (non-hydrogen) atoms. The zero-order chi connectivity index (χ0) is 13.2. The molecule has 5 nitrogen and oxygen atoms in total. The van der Waals surface area contributed by atoms with Crippen LogP contribution >= 0.6 is 0 Å². The molecule has 0 heterocycles. The molecule has 0 bridgehead atoms. The molecule has 1 saturated carbocycles. The average molecular weight is 242 g/mol. The summed E-state index contributed by atoms with van der Waals surface area (Å²) in [4.78, 5) is 22.4. The summed E-state index contributed by atoms with van der Waals surface area (Å²) in [5.41, 5.74) is -0.345. The molecule has 1 fully saturated rings. The van der Waals surface area contributed by atoms with Crippen molar-refractivity contribution in [3.8, 4) is 0 Å². The molecule has 0 aromatic rings. The molecular weight excluding hydrogens is 224 g/mol. The molecule has 0 aliphatic heterocycles. The summed E-state index contributed by atoms with van der Waals surface area (Å²) in [5, 5.41) is 9.00. The topological polar surface area (TPSA) is 72.8 Å². The van der Waals surface area contributed by atoms with E-state index in [1.54, 1.807) is 13.0 Å². The fourth-order valence-corrected chi connectivity index (χ4v) is 2.05. The number of allylic oxidation sites excluding steroid dienone is 1. The van der Waals surface area contributed by atoms with Crippen molar-refractivity contribution >= 4 is 11.9 Å². The van der Waals surface area contributed by atoms with Gasteiger partial charge in [-0.15, -0.1) is 0 Å². The van der Waals surface area contributed by atoms with E-state index in [9.17, 15) is 9.59 Å². The predicted molar refractivity (Wildman–Crippen MR) is 60.1 cm³/mol. The lowest BCUT2D eigenvalue weighted by Crippen LogP contribution is -2.10. The number of hydrogen-bond acceptors (Lipinski definition) is 4. The second-order valence-electron chi connectivity index (χ2n) is 4.62. The number of hydrogen-bond donors (Lipinski definition) is 1. The van der Waals surface area contributed by atoms with Crippen LogP contribution in [0.25, 0.3) is 0 Å². The van der Waals surface area contributed by atoms with Crippen LogP contribution in [0.15, 0.2) is 11.8 Å². The van der Waals surface area contributed by atoms with Crippen molar-refractivity contribution in [3.05, 3.63) is 11.8 Å². The normalized spacial score (nSPS) is 26.2. The number of methoxy groups -OCH3 is 1. The third kappa shape index (κ3) is 2.60. The van der Waals surface area contributed by atoms with E-state index in [0.717, 1.165) is 0 Å². The third-order valence-electron chi connectivity index (χ3n) is 3.20. The van der Waals surface area contributed by atoms with Crippen LogP contribution in [-0.2, 0) is 19.1 Å². The van der Waals surface area contributed by atoms with Gasteiger partial charge >= 0.3 is 11.9 Å². The Labute approximate surface area is 100 Å². The summed E-state index contributed by atoms with van der Waals surface area (Å²) in [7, 11) is 1.37. The smallest absolute Gasteiger partial charge is 0.373 e. The van der Waals surface area contributed by atoms with Crippen molar-refractivity contribution in [2.75, 3.05) is 13.7 Å². The quantitative estimate of drug-likeness (QED) is 0.448. The molecular formula is C12H18O5. The molecule has 96 valence electrons. The van der Waals surface area contributed by atoms with Crippen molar-refractivity contribution in [1.29, 1.82) is 0 Å². The summed E-state index contributed by atoms with van der Waals surface area (Å²) in [6.07, 6.45) is 1.55. The van der Waals surface area contributed by atoms with Gasteiger partial charge in [-0.25, -0.2) is 4.79 Å². The summed E-state index contributed by atoms with van der Waals surface area (Å²) < 4.78 is 9.74. The van der Waals surface area contributed by atoms with Gasteiger partial charge in [-0.3, -0.25) is 4.79 Å². The van der Waals surface area contributed by atoms with Crippen LogP contribution in [-0.4, -0.2) is 30.8 Å². The molecule has 1 aliphatic carbocycles. The second-order valence-corrected chi connectivity index (χ2v) is 4.62. The van der Waals surface area contributed by atoms with Gasteiger partial charge in [0.05, 0.1) is 19.6 Å². The van der Waals surface area contributed by atoms with Crippen LogP contribution in [0.2, 0.25) is 0 Å². The Balaban J connectivity index is 2.81. The molecule has 1 rings (SSSR count). The molecule has 1 N–H and O–H groups in total. The maximum atomic E-state index is 11.5.